The molecule has 0 spiro atoms. The van der Waals surface area contributed by atoms with Crippen LogP contribution in [0.3, 0.4) is 0 Å². The molecule has 0 bridgehead atoms. The second-order valence-electron chi connectivity index (χ2n) is 11.2. The molecule has 0 amide bonds. The zero-order valence-electron chi connectivity index (χ0n) is 23.7. The van der Waals surface area contributed by atoms with Crippen molar-refractivity contribution in [1.29, 1.82) is 0 Å². The summed E-state index contributed by atoms with van der Waals surface area (Å²) in [6.07, 6.45) is 5.57. The SMILES string of the molecule is Cc1cc(CNCc2ccccc2)cc(-c2cc(C)c3n[nH]c(-c4nc5c(N6CCCCC6)nccc5[nH]4)c3c2)c1. The van der Waals surface area contributed by atoms with Gasteiger partial charge in [-0.2, -0.15) is 5.10 Å². The molecule has 6 aromatic rings. The summed E-state index contributed by atoms with van der Waals surface area (Å²) >= 11 is 0. The van der Waals surface area contributed by atoms with Gasteiger partial charge in [-0.15, -0.1) is 0 Å². The monoisotopic (exact) mass is 541 g/mol. The van der Waals surface area contributed by atoms with Crippen LogP contribution in [0.2, 0.25) is 0 Å². The van der Waals surface area contributed by atoms with E-state index in [1.54, 1.807) is 0 Å². The molecule has 41 heavy (non-hydrogen) atoms. The summed E-state index contributed by atoms with van der Waals surface area (Å²) in [6.45, 7) is 8.02. The second kappa shape index (κ2) is 10.8. The molecule has 1 aliphatic rings. The molecule has 0 atom stereocenters. The molecule has 3 aromatic heterocycles. The number of hydrogen-bond acceptors (Lipinski definition) is 5. The fourth-order valence-electron chi connectivity index (χ4n) is 6.09. The first kappa shape index (κ1) is 25.5. The van der Waals surface area contributed by atoms with Crippen LogP contribution in [0.1, 0.15) is 41.5 Å². The summed E-state index contributed by atoms with van der Waals surface area (Å²) < 4.78 is 0. The van der Waals surface area contributed by atoms with Gasteiger partial charge < -0.3 is 15.2 Å². The third kappa shape index (κ3) is 5.09. The first-order chi connectivity index (χ1) is 20.1. The number of H-pyrrole nitrogens is 2. The Hall–Kier alpha value is -4.49. The Labute approximate surface area is 240 Å². The predicted octanol–water partition coefficient (Wildman–Crippen LogP) is 7.07. The number of nitrogens with one attached hydrogen (secondary N) is 3. The molecule has 4 heterocycles. The van der Waals surface area contributed by atoms with Crippen molar-refractivity contribution in [2.24, 2.45) is 0 Å². The summed E-state index contributed by atoms with van der Waals surface area (Å²) in [4.78, 5) is 15.7. The first-order valence-electron chi connectivity index (χ1n) is 14.6. The number of nitrogens with zero attached hydrogens (tertiary/aromatic N) is 4. The molecule has 1 saturated heterocycles. The molecular formula is C34H35N7. The number of piperidine rings is 1. The van der Waals surface area contributed by atoms with Gasteiger partial charge in [0.15, 0.2) is 11.6 Å². The predicted molar refractivity (Wildman–Crippen MR) is 167 cm³/mol. The van der Waals surface area contributed by atoms with Crippen molar-refractivity contribution in [2.45, 2.75) is 46.2 Å². The van der Waals surface area contributed by atoms with Gasteiger partial charge in [0.2, 0.25) is 0 Å². The number of fused-ring (bicyclic) bond motifs is 2. The Morgan fingerprint density at radius 3 is 2.49 bits per heavy atom. The van der Waals surface area contributed by atoms with Crippen LogP contribution in [-0.4, -0.2) is 38.2 Å². The number of aryl methyl sites for hydroxylation is 2. The molecule has 1 aliphatic heterocycles. The van der Waals surface area contributed by atoms with E-state index in [1.165, 1.54) is 47.1 Å². The Kier molecular flexibility index (Phi) is 6.72. The average Bonchev–Trinajstić information content (AvgIpc) is 3.62. The maximum atomic E-state index is 5.06. The van der Waals surface area contributed by atoms with Gasteiger partial charge in [-0.1, -0.05) is 48.0 Å². The van der Waals surface area contributed by atoms with E-state index in [9.17, 15) is 0 Å². The molecule has 3 aromatic carbocycles. The van der Waals surface area contributed by atoms with Crippen LogP contribution in [0, 0.1) is 13.8 Å². The van der Waals surface area contributed by atoms with E-state index in [-0.39, 0.29) is 0 Å². The average molecular weight is 542 g/mol. The minimum absolute atomic E-state index is 0.792. The number of benzene rings is 3. The van der Waals surface area contributed by atoms with E-state index >= 15 is 0 Å². The summed E-state index contributed by atoms with van der Waals surface area (Å²) in [6, 6.07) is 23.8. The number of aromatic nitrogens is 5. The Morgan fingerprint density at radius 1 is 0.829 bits per heavy atom. The van der Waals surface area contributed by atoms with Crippen molar-refractivity contribution in [3.05, 3.63) is 95.2 Å². The molecular weight excluding hydrogens is 506 g/mol. The molecule has 7 heteroatoms. The maximum Gasteiger partial charge on any atom is 0.157 e. The van der Waals surface area contributed by atoms with E-state index in [4.69, 9.17) is 15.1 Å². The van der Waals surface area contributed by atoms with Crippen molar-refractivity contribution < 1.29 is 0 Å². The molecule has 1 fully saturated rings. The van der Waals surface area contributed by atoms with Crippen LogP contribution in [0.15, 0.2) is 72.9 Å². The third-order valence-electron chi connectivity index (χ3n) is 8.09. The van der Waals surface area contributed by atoms with Gasteiger partial charge in [0, 0.05) is 37.8 Å². The van der Waals surface area contributed by atoms with E-state index in [0.717, 1.165) is 71.0 Å². The van der Waals surface area contributed by atoms with Crippen LogP contribution in [-0.2, 0) is 13.1 Å². The lowest BCUT2D eigenvalue weighted by Gasteiger charge is -2.27. The quantitative estimate of drug-likeness (QED) is 0.201. The Balaban J connectivity index is 1.22. The van der Waals surface area contributed by atoms with Crippen LogP contribution >= 0.6 is 0 Å². The normalized spacial score (nSPS) is 13.9. The molecule has 0 radical (unpaired) electrons. The maximum absolute atomic E-state index is 5.06. The van der Waals surface area contributed by atoms with Crippen molar-refractivity contribution >= 4 is 27.8 Å². The number of hydrogen-bond donors (Lipinski definition) is 3. The molecule has 0 saturated carbocycles. The van der Waals surface area contributed by atoms with Crippen LogP contribution in [0.5, 0.6) is 0 Å². The van der Waals surface area contributed by atoms with Crippen molar-refractivity contribution in [3.8, 4) is 22.6 Å². The molecule has 7 nitrogen and oxygen atoms in total. The van der Waals surface area contributed by atoms with Crippen LogP contribution in [0.25, 0.3) is 44.6 Å². The lowest BCUT2D eigenvalue weighted by atomic mass is 9.96. The van der Waals surface area contributed by atoms with E-state index in [2.05, 4.69) is 94.8 Å². The van der Waals surface area contributed by atoms with Crippen LogP contribution < -0.4 is 10.2 Å². The summed E-state index contributed by atoms with van der Waals surface area (Å²) in [5, 5.41) is 12.6. The van der Waals surface area contributed by atoms with Gasteiger partial charge in [0.25, 0.3) is 0 Å². The fraction of sp³-hybridized carbons (Fsp3) is 0.265. The number of rotatable bonds is 7. The lowest BCUT2D eigenvalue weighted by Crippen LogP contribution is -2.30. The van der Waals surface area contributed by atoms with E-state index in [0.29, 0.717) is 0 Å². The van der Waals surface area contributed by atoms with Gasteiger partial charge >= 0.3 is 0 Å². The standard InChI is InChI=1S/C34H35N7/c1-22-15-25(21-35-20-24-9-5-3-6-10-24)18-26(16-22)27-17-23(2)30-28(19-27)31(40-39-30)33-37-29-11-12-36-34(32(29)38-33)41-13-7-4-8-14-41/h3,5-6,9-12,15-19,35H,4,7-8,13-14,20-21H2,1-2H3,(H,37,38)(H,39,40). The number of anilines is 1. The Morgan fingerprint density at radius 2 is 1.63 bits per heavy atom. The Bertz CT molecular complexity index is 1830. The van der Waals surface area contributed by atoms with Gasteiger partial charge in [0.05, 0.1) is 11.0 Å². The van der Waals surface area contributed by atoms with Gasteiger partial charge in [-0.05, 0) is 85.2 Å². The number of pyridine rings is 1. The zero-order chi connectivity index (χ0) is 27.8. The molecule has 3 N–H and O–H groups in total. The summed E-state index contributed by atoms with van der Waals surface area (Å²) in [5.74, 6) is 1.76. The largest absolute Gasteiger partial charge is 0.355 e. The van der Waals surface area contributed by atoms with E-state index < -0.39 is 0 Å². The van der Waals surface area contributed by atoms with E-state index in [1.807, 2.05) is 12.3 Å². The highest BCUT2D eigenvalue weighted by Crippen LogP contribution is 2.34. The van der Waals surface area contributed by atoms with Crippen molar-refractivity contribution in [1.82, 2.24) is 30.5 Å². The highest BCUT2D eigenvalue weighted by Gasteiger charge is 2.20. The summed E-state index contributed by atoms with van der Waals surface area (Å²) in [5.41, 5.74) is 11.1. The van der Waals surface area contributed by atoms with Crippen molar-refractivity contribution in [3.63, 3.8) is 0 Å². The van der Waals surface area contributed by atoms with Crippen molar-refractivity contribution in [2.75, 3.05) is 18.0 Å². The van der Waals surface area contributed by atoms with Gasteiger partial charge in [0.1, 0.15) is 11.2 Å². The highest BCUT2D eigenvalue weighted by atomic mass is 15.2. The van der Waals surface area contributed by atoms with Gasteiger partial charge in [-0.25, -0.2) is 9.97 Å². The fourth-order valence-corrected chi connectivity index (χ4v) is 6.09. The molecule has 0 aliphatic carbocycles. The highest BCUT2D eigenvalue weighted by molar-refractivity contribution is 5.98. The lowest BCUT2D eigenvalue weighted by molar-refractivity contribution is 0.574. The van der Waals surface area contributed by atoms with Crippen LogP contribution in [0.4, 0.5) is 5.82 Å². The smallest absolute Gasteiger partial charge is 0.157 e. The third-order valence-corrected chi connectivity index (χ3v) is 8.09. The minimum Gasteiger partial charge on any atom is -0.355 e. The number of imidazole rings is 1. The number of aromatic amines is 2. The molecule has 7 rings (SSSR count). The summed E-state index contributed by atoms with van der Waals surface area (Å²) in [7, 11) is 0. The first-order valence-corrected chi connectivity index (χ1v) is 14.6. The zero-order valence-corrected chi connectivity index (χ0v) is 23.7. The molecule has 0 unspecified atom stereocenters. The molecule has 206 valence electrons. The van der Waals surface area contributed by atoms with Gasteiger partial charge in [-0.3, -0.25) is 5.10 Å². The minimum atomic E-state index is 0.792. The second-order valence-corrected chi connectivity index (χ2v) is 11.2. The topological polar surface area (TPSA) is 85.5 Å².